The average molecular weight is 430 g/mol. The Morgan fingerprint density at radius 2 is 2.03 bits per heavy atom. The number of aliphatic imine (C=N–C) groups is 1. The summed E-state index contributed by atoms with van der Waals surface area (Å²) < 4.78 is 5.56. The van der Waals surface area contributed by atoms with Crippen molar-refractivity contribution in [1.82, 2.24) is 15.1 Å². The van der Waals surface area contributed by atoms with E-state index < -0.39 is 11.9 Å². The summed E-state index contributed by atoms with van der Waals surface area (Å²) in [5.74, 6) is -0.790. The van der Waals surface area contributed by atoms with Crippen LogP contribution in [0.25, 0.3) is 0 Å². The summed E-state index contributed by atoms with van der Waals surface area (Å²) in [6.45, 7) is 5.62. The molecule has 1 aromatic heterocycles. The summed E-state index contributed by atoms with van der Waals surface area (Å²) in [6.07, 6.45) is 0.968. The SMILES string of the molecule is CCc1cccc(C)c1NC(=O)CSc1nnc(CC2C(=O)N(C)C(=O)N=C2C)o1. The van der Waals surface area contributed by atoms with Crippen molar-refractivity contribution in [1.29, 1.82) is 0 Å². The molecule has 2 heterocycles. The van der Waals surface area contributed by atoms with E-state index in [1.165, 1.54) is 7.05 Å². The minimum Gasteiger partial charge on any atom is -0.416 e. The maximum Gasteiger partial charge on any atom is 0.349 e. The van der Waals surface area contributed by atoms with Crippen LogP contribution in [0.15, 0.2) is 32.8 Å². The summed E-state index contributed by atoms with van der Waals surface area (Å²) in [6, 6.07) is 5.33. The van der Waals surface area contributed by atoms with Gasteiger partial charge in [0.1, 0.15) is 0 Å². The highest BCUT2D eigenvalue weighted by Crippen LogP contribution is 2.23. The number of nitrogens with one attached hydrogen (secondary N) is 1. The second-order valence-corrected chi connectivity index (χ2v) is 7.88. The van der Waals surface area contributed by atoms with E-state index in [0.717, 1.165) is 39.9 Å². The third-order valence-electron chi connectivity index (χ3n) is 4.85. The molecule has 1 N–H and O–H groups in total. The minimum atomic E-state index is -0.622. The van der Waals surface area contributed by atoms with Crippen LogP contribution in [0.4, 0.5) is 10.5 Å². The second-order valence-electron chi connectivity index (χ2n) is 6.95. The first-order valence-corrected chi connectivity index (χ1v) is 10.5. The van der Waals surface area contributed by atoms with Crippen molar-refractivity contribution in [2.24, 2.45) is 10.9 Å². The number of imide groups is 1. The first kappa shape index (κ1) is 21.7. The molecule has 4 amide bonds. The molecule has 1 aliphatic heterocycles. The van der Waals surface area contributed by atoms with Gasteiger partial charge in [-0.2, -0.15) is 0 Å². The number of hydrogen-bond donors (Lipinski definition) is 1. The number of aromatic nitrogens is 2. The summed E-state index contributed by atoms with van der Waals surface area (Å²) in [4.78, 5) is 41.1. The normalized spacial score (nSPS) is 16.6. The van der Waals surface area contributed by atoms with Crippen LogP contribution in [0.1, 0.15) is 30.9 Å². The Morgan fingerprint density at radius 3 is 2.77 bits per heavy atom. The molecule has 1 unspecified atom stereocenters. The summed E-state index contributed by atoms with van der Waals surface area (Å²) >= 11 is 1.12. The molecule has 0 aliphatic carbocycles. The van der Waals surface area contributed by atoms with E-state index in [1.807, 2.05) is 32.0 Å². The van der Waals surface area contributed by atoms with E-state index in [-0.39, 0.29) is 35.1 Å². The number of carbonyl (C=O) groups excluding carboxylic acids is 3. The van der Waals surface area contributed by atoms with Crippen LogP contribution < -0.4 is 5.32 Å². The largest absolute Gasteiger partial charge is 0.416 e. The zero-order chi connectivity index (χ0) is 21.8. The Hall–Kier alpha value is -3.01. The van der Waals surface area contributed by atoms with E-state index in [9.17, 15) is 14.4 Å². The number of rotatable bonds is 7. The molecule has 0 radical (unpaired) electrons. The fraction of sp³-hybridized carbons (Fsp3) is 0.400. The van der Waals surface area contributed by atoms with Crippen molar-refractivity contribution in [3.05, 3.63) is 35.2 Å². The average Bonchev–Trinajstić information content (AvgIpc) is 3.17. The number of thioether (sulfide) groups is 1. The van der Waals surface area contributed by atoms with Crippen molar-refractivity contribution in [2.45, 2.75) is 38.8 Å². The predicted octanol–water partition coefficient (Wildman–Crippen LogP) is 2.88. The molecule has 1 atom stereocenters. The van der Waals surface area contributed by atoms with Crippen LogP contribution in [0.2, 0.25) is 0 Å². The number of benzene rings is 1. The first-order valence-electron chi connectivity index (χ1n) is 9.50. The van der Waals surface area contributed by atoms with Crippen molar-refractivity contribution < 1.29 is 18.8 Å². The molecule has 0 saturated carbocycles. The third-order valence-corrected chi connectivity index (χ3v) is 5.67. The van der Waals surface area contributed by atoms with Crippen LogP contribution in [-0.2, 0) is 22.4 Å². The van der Waals surface area contributed by atoms with Crippen molar-refractivity contribution >= 4 is 41.0 Å². The number of amides is 4. The molecule has 1 aromatic carbocycles. The monoisotopic (exact) mass is 429 g/mol. The van der Waals surface area contributed by atoms with Gasteiger partial charge in [-0.05, 0) is 31.4 Å². The van der Waals surface area contributed by atoms with Crippen molar-refractivity contribution in [3.8, 4) is 0 Å². The maximum atomic E-state index is 12.4. The van der Waals surface area contributed by atoms with Crippen LogP contribution in [-0.4, -0.2) is 51.5 Å². The van der Waals surface area contributed by atoms with Gasteiger partial charge in [-0.3, -0.25) is 14.5 Å². The van der Waals surface area contributed by atoms with Gasteiger partial charge in [-0.25, -0.2) is 9.79 Å². The van der Waals surface area contributed by atoms with E-state index in [1.54, 1.807) is 6.92 Å². The number of urea groups is 1. The summed E-state index contributed by atoms with van der Waals surface area (Å²) in [5, 5.41) is 11.1. The molecule has 0 fully saturated rings. The molecule has 3 rings (SSSR count). The molecule has 0 bridgehead atoms. The Balaban J connectivity index is 1.59. The fourth-order valence-corrected chi connectivity index (χ4v) is 3.68. The highest BCUT2D eigenvalue weighted by atomic mass is 32.2. The van der Waals surface area contributed by atoms with Gasteiger partial charge >= 0.3 is 6.03 Å². The predicted molar refractivity (Wildman–Crippen MR) is 113 cm³/mol. The molecule has 2 aromatic rings. The van der Waals surface area contributed by atoms with Crippen LogP contribution in [0, 0.1) is 12.8 Å². The number of carbonyl (C=O) groups is 3. The molecule has 0 spiro atoms. The Morgan fingerprint density at radius 1 is 1.27 bits per heavy atom. The van der Waals surface area contributed by atoms with Gasteiger partial charge in [0.25, 0.3) is 5.22 Å². The van der Waals surface area contributed by atoms with Gasteiger partial charge in [0.2, 0.25) is 17.7 Å². The molecule has 158 valence electrons. The molecule has 10 heteroatoms. The molecular formula is C20H23N5O4S. The van der Waals surface area contributed by atoms with Gasteiger partial charge in [0, 0.05) is 24.9 Å². The quantitative estimate of drug-likeness (QED) is 0.672. The lowest BCUT2D eigenvalue weighted by Crippen LogP contribution is -2.44. The Bertz CT molecular complexity index is 1020. The summed E-state index contributed by atoms with van der Waals surface area (Å²) in [5.41, 5.74) is 3.33. The highest BCUT2D eigenvalue weighted by molar-refractivity contribution is 7.99. The second kappa shape index (κ2) is 9.21. The van der Waals surface area contributed by atoms with E-state index >= 15 is 0 Å². The van der Waals surface area contributed by atoms with Gasteiger partial charge < -0.3 is 9.73 Å². The number of aryl methyl sites for hydroxylation is 2. The van der Waals surface area contributed by atoms with E-state index in [2.05, 4.69) is 20.5 Å². The summed E-state index contributed by atoms with van der Waals surface area (Å²) in [7, 11) is 1.39. The standard InChI is InChI=1S/C20H23N5O4S/c1-5-13-8-6-7-11(2)17(13)22-15(26)10-30-20-24-23-16(29-20)9-14-12(3)21-19(28)25(4)18(14)27/h6-8,14H,5,9-10H2,1-4H3,(H,22,26). The molecule has 30 heavy (non-hydrogen) atoms. The van der Waals surface area contributed by atoms with Crippen LogP contribution >= 0.6 is 11.8 Å². The lowest BCUT2D eigenvalue weighted by Gasteiger charge is -2.24. The molecular weight excluding hydrogens is 406 g/mol. The van der Waals surface area contributed by atoms with Crippen LogP contribution in [0.3, 0.4) is 0 Å². The maximum absolute atomic E-state index is 12.4. The Kier molecular flexibility index (Phi) is 6.66. The number of nitrogens with zero attached hydrogens (tertiary/aromatic N) is 4. The molecule has 1 aliphatic rings. The number of hydrogen-bond acceptors (Lipinski definition) is 7. The topological polar surface area (TPSA) is 118 Å². The molecule has 0 saturated heterocycles. The minimum absolute atomic E-state index is 0.110. The van der Waals surface area contributed by atoms with Crippen LogP contribution in [0.5, 0.6) is 0 Å². The zero-order valence-electron chi connectivity index (χ0n) is 17.3. The fourth-order valence-electron chi connectivity index (χ4n) is 3.10. The van der Waals surface area contributed by atoms with Gasteiger partial charge in [0.15, 0.2) is 0 Å². The van der Waals surface area contributed by atoms with Gasteiger partial charge in [0.05, 0.1) is 11.7 Å². The van der Waals surface area contributed by atoms with Crippen molar-refractivity contribution in [3.63, 3.8) is 0 Å². The van der Waals surface area contributed by atoms with Gasteiger partial charge in [-0.15, -0.1) is 10.2 Å². The number of para-hydroxylation sites is 1. The number of anilines is 1. The lowest BCUT2D eigenvalue weighted by atomic mass is 9.97. The lowest BCUT2D eigenvalue weighted by molar-refractivity contribution is -0.129. The van der Waals surface area contributed by atoms with E-state index in [4.69, 9.17) is 4.42 Å². The van der Waals surface area contributed by atoms with Gasteiger partial charge in [-0.1, -0.05) is 36.9 Å². The third kappa shape index (κ3) is 4.76. The van der Waals surface area contributed by atoms with E-state index in [0.29, 0.717) is 5.71 Å². The molecule has 9 nitrogen and oxygen atoms in total. The smallest absolute Gasteiger partial charge is 0.349 e. The zero-order valence-corrected chi connectivity index (χ0v) is 18.1. The Labute approximate surface area is 178 Å². The van der Waals surface area contributed by atoms with Crippen molar-refractivity contribution in [2.75, 3.05) is 18.1 Å². The first-order chi connectivity index (χ1) is 14.3. The highest BCUT2D eigenvalue weighted by Gasteiger charge is 2.34.